The molecule has 2 rings (SSSR count). The van der Waals surface area contributed by atoms with Gasteiger partial charge in [0, 0.05) is 19.3 Å². The standard InChI is InChI=1S/C12H14N2O3/c1-14(12(16)17-2)7-8-3-4-10-9(5-8)6-11(15)13-10/h3-5H,6-7H2,1-2H3,(H,13,15). The highest BCUT2D eigenvalue weighted by molar-refractivity contribution is 5.99. The Morgan fingerprint density at radius 1 is 1.53 bits per heavy atom. The summed E-state index contributed by atoms with van der Waals surface area (Å²) in [5, 5.41) is 2.77. The Morgan fingerprint density at radius 2 is 2.29 bits per heavy atom. The third kappa shape index (κ3) is 2.38. The number of hydrogen-bond donors (Lipinski definition) is 1. The number of benzene rings is 1. The predicted octanol–water partition coefficient (Wildman–Crippen LogP) is 1.38. The molecule has 1 aliphatic heterocycles. The maximum absolute atomic E-state index is 11.2. The van der Waals surface area contributed by atoms with Crippen LogP contribution in [0.3, 0.4) is 0 Å². The summed E-state index contributed by atoms with van der Waals surface area (Å²) in [6.07, 6.45) is 0.0326. The lowest BCUT2D eigenvalue weighted by molar-refractivity contribution is -0.115. The molecule has 1 aromatic carbocycles. The van der Waals surface area contributed by atoms with E-state index in [0.717, 1.165) is 16.8 Å². The van der Waals surface area contributed by atoms with Crippen molar-refractivity contribution in [1.82, 2.24) is 4.90 Å². The third-order valence-corrected chi connectivity index (χ3v) is 2.70. The molecular formula is C12H14N2O3. The second-order valence-corrected chi connectivity index (χ2v) is 4.04. The molecular weight excluding hydrogens is 220 g/mol. The number of fused-ring (bicyclic) bond motifs is 1. The van der Waals surface area contributed by atoms with E-state index in [1.54, 1.807) is 7.05 Å². The van der Waals surface area contributed by atoms with Crippen LogP contribution in [0.1, 0.15) is 11.1 Å². The maximum Gasteiger partial charge on any atom is 0.409 e. The van der Waals surface area contributed by atoms with E-state index in [4.69, 9.17) is 0 Å². The van der Waals surface area contributed by atoms with Gasteiger partial charge in [-0.3, -0.25) is 4.79 Å². The Kier molecular flexibility index (Phi) is 2.99. The van der Waals surface area contributed by atoms with Gasteiger partial charge >= 0.3 is 6.09 Å². The van der Waals surface area contributed by atoms with E-state index in [1.807, 2.05) is 18.2 Å². The lowest BCUT2D eigenvalue weighted by Gasteiger charge is -2.15. The fourth-order valence-electron chi connectivity index (χ4n) is 1.88. The van der Waals surface area contributed by atoms with Gasteiger partial charge in [0.05, 0.1) is 13.5 Å². The maximum atomic E-state index is 11.2. The summed E-state index contributed by atoms with van der Waals surface area (Å²) in [5.41, 5.74) is 2.82. The fraction of sp³-hybridized carbons (Fsp3) is 0.333. The molecule has 2 amide bonds. The summed E-state index contributed by atoms with van der Waals surface area (Å²) in [4.78, 5) is 23.9. The molecule has 0 saturated heterocycles. The van der Waals surface area contributed by atoms with Gasteiger partial charge in [-0.2, -0.15) is 0 Å². The number of rotatable bonds is 2. The van der Waals surface area contributed by atoms with Gasteiger partial charge in [-0.25, -0.2) is 4.79 Å². The molecule has 1 aliphatic rings. The van der Waals surface area contributed by atoms with Crippen molar-refractivity contribution in [1.29, 1.82) is 0 Å². The summed E-state index contributed by atoms with van der Waals surface area (Å²) in [6.45, 7) is 0.466. The summed E-state index contributed by atoms with van der Waals surface area (Å²) < 4.78 is 4.61. The van der Waals surface area contributed by atoms with Crippen LogP contribution in [0, 0.1) is 0 Å². The molecule has 5 heteroatoms. The van der Waals surface area contributed by atoms with Crippen LogP contribution in [0.5, 0.6) is 0 Å². The molecule has 0 fully saturated rings. The molecule has 90 valence electrons. The van der Waals surface area contributed by atoms with Crippen LogP contribution in [0.15, 0.2) is 18.2 Å². The van der Waals surface area contributed by atoms with Crippen molar-refractivity contribution in [3.8, 4) is 0 Å². The third-order valence-electron chi connectivity index (χ3n) is 2.70. The van der Waals surface area contributed by atoms with E-state index in [0.29, 0.717) is 13.0 Å². The minimum Gasteiger partial charge on any atom is -0.453 e. The SMILES string of the molecule is COC(=O)N(C)Cc1ccc2c(c1)CC(=O)N2. The first-order valence-electron chi connectivity index (χ1n) is 5.31. The van der Waals surface area contributed by atoms with Crippen LogP contribution < -0.4 is 5.32 Å². The van der Waals surface area contributed by atoms with Gasteiger partial charge in [0.15, 0.2) is 0 Å². The summed E-state index contributed by atoms with van der Waals surface area (Å²) in [7, 11) is 3.02. The van der Waals surface area contributed by atoms with E-state index >= 15 is 0 Å². The highest BCUT2D eigenvalue weighted by atomic mass is 16.5. The normalized spacial score (nSPS) is 12.9. The highest BCUT2D eigenvalue weighted by Crippen LogP contribution is 2.24. The van der Waals surface area contributed by atoms with E-state index in [2.05, 4.69) is 10.1 Å². The second-order valence-electron chi connectivity index (χ2n) is 4.04. The average molecular weight is 234 g/mol. The predicted molar refractivity (Wildman–Crippen MR) is 62.6 cm³/mol. The molecule has 1 heterocycles. The smallest absolute Gasteiger partial charge is 0.409 e. The first kappa shape index (κ1) is 11.4. The Balaban J connectivity index is 2.11. The van der Waals surface area contributed by atoms with Crippen molar-refractivity contribution in [2.24, 2.45) is 0 Å². The van der Waals surface area contributed by atoms with Gasteiger partial charge in [0.25, 0.3) is 0 Å². The largest absolute Gasteiger partial charge is 0.453 e. The summed E-state index contributed by atoms with van der Waals surface area (Å²) in [6, 6.07) is 5.69. The molecule has 0 radical (unpaired) electrons. The lowest BCUT2D eigenvalue weighted by atomic mass is 10.1. The van der Waals surface area contributed by atoms with Crippen molar-refractivity contribution in [2.75, 3.05) is 19.5 Å². The molecule has 17 heavy (non-hydrogen) atoms. The van der Waals surface area contributed by atoms with Crippen molar-refractivity contribution in [3.63, 3.8) is 0 Å². The Bertz CT molecular complexity index is 471. The number of methoxy groups -OCH3 is 1. The van der Waals surface area contributed by atoms with Crippen LogP contribution in [-0.4, -0.2) is 31.1 Å². The minimum atomic E-state index is -0.375. The topological polar surface area (TPSA) is 58.6 Å². The van der Waals surface area contributed by atoms with Crippen molar-refractivity contribution in [3.05, 3.63) is 29.3 Å². The quantitative estimate of drug-likeness (QED) is 0.841. The molecule has 1 aromatic rings. The van der Waals surface area contributed by atoms with Crippen molar-refractivity contribution < 1.29 is 14.3 Å². The van der Waals surface area contributed by atoms with Crippen LogP contribution >= 0.6 is 0 Å². The molecule has 0 bridgehead atoms. The van der Waals surface area contributed by atoms with Crippen molar-refractivity contribution in [2.45, 2.75) is 13.0 Å². The number of anilines is 1. The zero-order valence-corrected chi connectivity index (χ0v) is 9.82. The Labute approximate surface area is 99.4 Å². The number of nitrogens with one attached hydrogen (secondary N) is 1. The number of hydrogen-bond acceptors (Lipinski definition) is 3. The molecule has 0 spiro atoms. The van der Waals surface area contributed by atoms with Crippen LogP contribution in [0.4, 0.5) is 10.5 Å². The number of carbonyl (C=O) groups is 2. The number of carbonyl (C=O) groups excluding carboxylic acids is 2. The first-order valence-corrected chi connectivity index (χ1v) is 5.31. The van der Waals surface area contributed by atoms with E-state index in [9.17, 15) is 9.59 Å². The molecule has 0 saturated carbocycles. The van der Waals surface area contributed by atoms with Gasteiger partial charge in [-0.05, 0) is 17.2 Å². The minimum absolute atomic E-state index is 0.0125. The van der Waals surface area contributed by atoms with E-state index < -0.39 is 0 Å². The monoisotopic (exact) mass is 234 g/mol. The molecule has 0 aromatic heterocycles. The summed E-state index contributed by atoms with van der Waals surface area (Å²) >= 11 is 0. The molecule has 5 nitrogen and oxygen atoms in total. The van der Waals surface area contributed by atoms with E-state index in [-0.39, 0.29) is 12.0 Å². The number of ether oxygens (including phenoxy) is 1. The van der Waals surface area contributed by atoms with Crippen LogP contribution in [0.25, 0.3) is 0 Å². The van der Waals surface area contributed by atoms with Gasteiger partial charge in [0.2, 0.25) is 5.91 Å². The van der Waals surface area contributed by atoms with Gasteiger partial charge in [-0.1, -0.05) is 12.1 Å². The Morgan fingerprint density at radius 3 is 3.00 bits per heavy atom. The van der Waals surface area contributed by atoms with Gasteiger partial charge in [-0.15, -0.1) is 0 Å². The van der Waals surface area contributed by atoms with Crippen molar-refractivity contribution >= 4 is 17.7 Å². The fourth-order valence-corrected chi connectivity index (χ4v) is 1.88. The molecule has 1 N–H and O–H groups in total. The Hall–Kier alpha value is -2.04. The molecule has 0 unspecified atom stereocenters. The highest BCUT2D eigenvalue weighted by Gasteiger charge is 2.18. The average Bonchev–Trinajstić information content (AvgIpc) is 2.67. The lowest BCUT2D eigenvalue weighted by Crippen LogP contribution is -2.25. The van der Waals surface area contributed by atoms with Gasteiger partial charge < -0.3 is 15.0 Å². The zero-order chi connectivity index (χ0) is 12.4. The zero-order valence-electron chi connectivity index (χ0n) is 9.82. The number of nitrogens with zero attached hydrogens (tertiary/aromatic N) is 1. The molecule has 0 atom stereocenters. The number of amides is 2. The van der Waals surface area contributed by atoms with Crippen LogP contribution in [0.2, 0.25) is 0 Å². The van der Waals surface area contributed by atoms with Gasteiger partial charge in [0.1, 0.15) is 0 Å². The molecule has 0 aliphatic carbocycles. The summed E-state index contributed by atoms with van der Waals surface area (Å²) in [5.74, 6) is 0.0125. The second kappa shape index (κ2) is 4.45. The first-order chi connectivity index (χ1) is 8.10. The van der Waals surface area contributed by atoms with Crippen LogP contribution in [-0.2, 0) is 22.5 Å². The van der Waals surface area contributed by atoms with E-state index in [1.165, 1.54) is 12.0 Å².